The minimum atomic E-state index is -0.700. The summed E-state index contributed by atoms with van der Waals surface area (Å²) in [4.78, 5) is 22.7. The Balaban J connectivity index is 3.96. The molecule has 0 rings (SSSR count). The van der Waals surface area contributed by atoms with Crippen molar-refractivity contribution in [2.75, 3.05) is 20.8 Å². The summed E-state index contributed by atoms with van der Waals surface area (Å²) in [7, 11) is 2.96. The normalized spacial score (nSPS) is 13.8. The molecule has 0 radical (unpaired) electrons. The van der Waals surface area contributed by atoms with Gasteiger partial charge in [-0.15, -0.1) is 0 Å². The number of hydrogen-bond acceptors (Lipinski definition) is 6. The van der Waals surface area contributed by atoms with E-state index < -0.39 is 24.6 Å². The molecule has 6 nitrogen and oxygen atoms in total. The molecule has 106 valence electrons. The fourth-order valence-electron chi connectivity index (χ4n) is 1.09. The summed E-state index contributed by atoms with van der Waals surface area (Å²) in [6.45, 7) is 4.06. The summed E-state index contributed by atoms with van der Waals surface area (Å²) < 4.78 is 19.7. The van der Waals surface area contributed by atoms with Crippen LogP contribution < -0.4 is 0 Å². The van der Waals surface area contributed by atoms with E-state index in [-0.39, 0.29) is 6.10 Å². The second-order valence-corrected chi connectivity index (χ2v) is 3.82. The summed E-state index contributed by atoms with van der Waals surface area (Å²) in [5, 5.41) is 0. The second kappa shape index (κ2) is 9.85. The van der Waals surface area contributed by atoms with Crippen LogP contribution in [0.25, 0.3) is 0 Å². The monoisotopic (exact) mass is 262 g/mol. The minimum Gasteiger partial charge on any atom is -0.462 e. The fraction of sp³-hybridized carbons (Fsp3) is 0.833. The first-order valence-corrected chi connectivity index (χ1v) is 5.94. The van der Waals surface area contributed by atoms with Gasteiger partial charge in [0.25, 0.3) is 0 Å². The highest BCUT2D eigenvalue weighted by Crippen LogP contribution is 2.04. The van der Waals surface area contributed by atoms with Crippen molar-refractivity contribution < 1.29 is 28.5 Å². The molecule has 0 aliphatic rings. The van der Waals surface area contributed by atoms with E-state index in [4.69, 9.17) is 18.9 Å². The maximum atomic E-state index is 11.4. The first-order valence-electron chi connectivity index (χ1n) is 5.94. The van der Waals surface area contributed by atoms with Gasteiger partial charge in [0, 0.05) is 20.6 Å². The zero-order valence-electron chi connectivity index (χ0n) is 11.4. The maximum absolute atomic E-state index is 11.4. The van der Waals surface area contributed by atoms with E-state index in [0.717, 1.165) is 0 Å². The summed E-state index contributed by atoms with van der Waals surface area (Å²) >= 11 is 0. The van der Waals surface area contributed by atoms with Crippen molar-refractivity contribution in [1.29, 1.82) is 0 Å². The number of rotatable bonds is 9. The molecule has 2 atom stereocenters. The fourth-order valence-corrected chi connectivity index (χ4v) is 1.09. The number of carbonyl (C=O) groups excluding carboxylic acids is 2. The van der Waals surface area contributed by atoms with Gasteiger partial charge < -0.3 is 18.9 Å². The highest BCUT2D eigenvalue weighted by atomic mass is 16.7. The molecule has 0 amide bonds. The largest absolute Gasteiger partial charge is 0.462 e. The van der Waals surface area contributed by atoms with E-state index in [2.05, 4.69) is 0 Å². The van der Waals surface area contributed by atoms with Crippen LogP contribution in [0.2, 0.25) is 0 Å². The van der Waals surface area contributed by atoms with Gasteiger partial charge >= 0.3 is 11.9 Å². The second-order valence-electron chi connectivity index (χ2n) is 3.82. The van der Waals surface area contributed by atoms with Crippen molar-refractivity contribution in [1.82, 2.24) is 0 Å². The minimum absolute atomic E-state index is 0.197. The highest BCUT2D eigenvalue weighted by molar-refractivity contribution is 5.91. The quantitative estimate of drug-likeness (QED) is 0.354. The lowest BCUT2D eigenvalue weighted by atomic mass is 10.3. The first kappa shape index (κ1) is 16.9. The molecule has 0 bridgehead atoms. The van der Waals surface area contributed by atoms with Gasteiger partial charge in [-0.05, 0) is 13.3 Å². The molecule has 0 aromatic heterocycles. The molecule has 0 saturated carbocycles. The van der Waals surface area contributed by atoms with Gasteiger partial charge in [-0.1, -0.05) is 6.92 Å². The molecule has 0 heterocycles. The zero-order chi connectivity index (χ0) is 14.0. The van der Waals surface area contributed by atoms with Crippen LogP contribution in [0.5, 0.6) is 0 Å². The highest BCUT2D eigenvalue weighted by Gasteiger charge is 2.18. The van der Waals surface area contributed by atoms with E-state index in [0.29, 0.717) is 19.4 Å². The van der Waals surface area contributed by atoms with Gasteiger partial charge in [-0.3, -0.25) is 9.59 Å². The van der Waals surface area contributed by atoms with Crippen molar-refractivity contribution >= 4 is 11.9 Å². The molecule has 0 N–H and O–H groups in total. The lowest BCUT2D eigenvalue weighted by Crippen LogP contribution is -2.25. The van der Waals surface area contributed by atoms with Gasteiger partial charge in [0.2, 0.25) is 6.29 Å². The van der Waals surface area contributed by atoms with Gasteiger partial charge in [0.15, 0.2) is 0 Å². The SMILES string of the molecule is CCC(C)OC(=O)CC(=O)OC(CCOC)OC. The van der Waals surface area contributed by atoms with E-state index >= 15 is 0 Å². The van der Waals surface area contributed by atoms with E-state index in [1.807, 2.05) is 6.92 Å². The molecular weight excluding hydrogens is 240 g/mol. The van der Waals surface area contributed by atoms with E-state index in [1.165, 1.54) is 14.2 Å². The van der Waals surface area contributed by atoms with Crippen LogP contribution in [0.1, 0.15) is 33.1 Å². The molecule has 6 heteroatoms. The lowest BCUT2D eigenvalue weighted by molar-refractivity contribution is -0.179. The Kier molecular flexibility index (Phi) is 9.22. The topological polar surface area (TPSA) is 71.1 Å². The molecule has 0 spiro atoms. The molecular formula is C12H22O6. The number of ether oxygens (including phenoxy) is 4. The Labute approximate surface area is 108 Å². The average molecular weight is 262 g/mol. The Morgan fingerprint density at radius 3 is 2.22 bits per heavy atom. The number of hydrogen-bond donors (Lipinski definition) is 0. The Morgan fingerprint density at radius 1 is 1.11 bits per heavy atom. The molecule has 0 aromatic rings. The van der Waals surface area contributed by atoms with E-state index in [9.17, 15) is 9.59 Å². The molecule has 0 aliphatic heterocycles. The van der Waals surface area contributed by atoms with Crippen molar-refractivity contribution in [3.8, 4) is 0 Å². The molecule has 0 aliphatic carbocycles. The molecule has 2 unspecified atom stereocenters. The van der Waals surface area contributed by atoms with Crippen molar-refractivity contribution in [3.63, 3.8) is 0 Å². The average Bonchev–Trinajstić information content (AvgIpc) is 2.33. The van der Waals surface area contributed by atoms with Crippen molar-refractivity contribution in [2.24, 2.45) is 0 Å². The van der Waals surface area contributed by atoms with Crippen molar-refractivity contribution in [3.05, 3.63) is 0 Å². The van der Waals surface area contributed by atoms with Gasteiger partial charge in [-0.25, -0.2) is 0 Å². The lowest BCUT2D eigenvalue weighted by Gasteiger charge is -2.16. The van der Waals surface area contributed by atoms with Crippen molar-refractivity contribution in [2.45, 2.75) is 45.5 Å². The molecule has 18 heavy (non-hydrogen) atoms. The first-order chi connectivity index (χ1) is 8.53. The Bertz CT molecular complexity index is 253. The van der Waals surface area contributed by atoms with Crippen LogP contribution in [-0.2, 0) is 28.5 Å². The summed E-state index contributed by atoms with van der Waals surface area (Å²) in [5.41, 5.74) is 0. The summed E-state index contributed by atoms with van der Waals surface area (Å²) in [5.74, 6) is -1.25. The van der Waals surface area contributed by atoms with Crippen LogP contribution in [0.4, 0.5) is 0 Å². The Hall–Kier alpha value is -1.14. The summed E-state index contributed by atoms with van der Waals surface area (Å²) in [6, 6.07) is 0. The molecule has 0 fully saturated rings. The number of esters is 2. The van der Waals surface area contributed by atoms with Gasteiger partial charge in [0.05, 0.1) is 12.7 Å². The third-order valence-corrected chi connectivity index (χ3v) is 2.28. The summed E-state index contributed by atoms with van der Waals surface area (Å²) in [6.07, 6.45) is -0.183. The Morgan fingerprint density at radius 2 is 1.72 bits per heavy atom. The number of methoxy groups -OCH3 is 2. The molecule has 0 aromatic carbocycles. The van der Waals surface area contributed by atoms with Crippen LogP contribution in [0, 0.1) is 0 Å². The standard InChI is InChI=1S/C12H22O6/c1-5-9(2)17-10(13)8-11(14)18-12(16-4)6-7-15-3/h9,12H,5-8H2,1-4H3. The van der Waals surface area contributed by atoms with Crippen LogP contribution in [0.15, 0.2) is 0 Å². The maximum Gasteiger partial charge on any atom is 0.319 e. The third kappa shape index (κ3) is 8.03. The zero-order valence-corrected chi connectivity index (χ0v) is 11.4. The third-order valence-electron chi connectivity index (χ3n) is 2.28. The van der Waals surface area contributed by atoms with Crippen LogP contribution in [-0.4, -0.2) is 45.2 Å². The van der Waals surface area contributed by atoms with Crippen LogP contribution in [0.3, 0.4) is 0 Å². The smallest absolute Gasteiger partial charge is 0.319 e. The van der Waals surface area contributed by atoms with Crippen LogP contribution >= 0.6 is 0 Å². The van der Waals surface area contributed by atoms with E-state index in [1.54, 1.807) is 6.92 Å². The predicted octanol–water partition coefficient (Wildman–Crippen LogP) is 1.27. The molecule has 0 saturated heterocycles. The van der Waals surface area contributed by atoms with Gasteiger partial charge in [0.1, 0.15) is 6.42 Å². The number of carbonyl (C=O) groups is 2. The predicted molar refractivity (Wildman–Crippen MR) is 63.8 cm³/mol. The van der Waals surface area contributed by atoms with Gasteiger partial charge in [-0.2, -0.15) is 0 Å².